The highest BCUT2D eigenvalue weighted by Crippen LogP contribution is 2.19. The fourth-order valence-corrected chi connectivity index (χ4v) is 0.507. The van der Waals surface area contributed by atoms with Gasteiger partial charge in [0.1, 0.15) is 0 Å². The first-order chi connectivity index (χ1) is 2.93. The largest absolute Gasteiger partial charge is 0.301 e. The zero-order chi connectivity index (χ0) is 4.41. The minimum absolute atomic E-state index is 0. The summed E-state index contributed by atoms with van der Waals surface area (Å²) in [5, 5.41) is 0. The van der Waals surface area contributed by atoms with E-state index in [2.05, 4.69) is 4.84 Å². The molecule has 44 valence electrons. The molecule has 1 fully saturated rings. The van der Waals surface area contributed by atoms with Crippen LogP contribution in [0.1, 0.15) is 19.3 Å². The highest BCUT2D eigenvalue weighted by Gasteiger charge is 2.15. The quantitative estimate of drug-likeness (QED) is 0.525. The average Bonchev–Trinajstić information content (AvgIpc) is 1.31. The molecule has 1 rings (SSSR count). The second kappa shape index (κ2) is 3.24. The van der Waals surface area contributed by atoms with Crippen LogP contribution in [0.5, 0.6) is 0 Å². The van der Waals surface area contributed by atoms with Gasteiger partial charge in [-0.15, -0.1) is 12.4 Å². The second-order valence-corrected chi connectivity index (χ2v) is 1.69. The highest BCUT2D eigenvalue weighted by atomic mass is 35.5. The Labute approximate surface area is 49.4 Å². The lowest BCUT2D eigenvalue weighted by atomic mass is 9.97. The third-order valence-electron chi connectivity index (χ3n) is 1.24. The Balaban J connectivity index is 0.000000360. The molecular formula is C4H10ClNO. The van der Waals surface area contributed by atoms with Crippen molar-refractivity contribution in [3.05, 3.63) is 0 Å². The normalized spacial score (nSPS) is 20.1. The average molecular weight is 124 g/mol. The Bertz CT molecular complexity index is 44.2. The Morgan fingerprint density at radius 2 is 2.00 bits per heavy atom. The van der Waals surface area contributed by atoms with E-state index < -0.39 is 0 Å². The molecule has 0 unspecified atom stereocenters. The summed E-state index contributed by atoms with van der Waals surface area (Å²) in [5.74, 6) is 4.83. The molecule has 0 spiro atoms. The molecule has 2 nitrogen and oxygen atoms in total. The van der Waals surface area contributed by atoms with Crippen LogP contribution in [-0.4, -0.2) is 6.10 Å². The Morgan fingerprint density at radius 1 is 1.43 bits per heavy atom. The molecule has 1 saturated carbocycles. The molecular weight excluding hydrogens is 114 g/mol. The van der Waals surface area contributed by atoms with Gasteiger partial charge < -0.3 is 4.84 Å². The number of hydrogen-bond donors (Lipinski definition) is 1. The van der Waals surface area contributed by atoms with Crippen LogP contribution in [0.2, 0.25) is 0 Å². The summed E-state index contributed by atoms with van der Waals surface area (Å²) in [5.41, 5.74) is 0. The molecule has 1 aliphatic carbocycles. The van der Waals surface area contributed by atoms with Gasteiger partial charge in [0.05, 0.1) is 6.10 Å². The molecule has 0 bridgehead atoms. The summed E-state index contributed by atoms with van der Waals surface area (Å²) in [6.45, 7) is 0. The molecule has 0 aliphatic heterocycles. The summed E-state index contributed by atoms with van der Waals surface area (Å²) < 4.78 is 0. The molecule has 0 amide bonds. The van der Waals surface area contributed by atoms with E-state index in [1.54, 1.807) is 0 Å². The lowest BCUT2D eigenvalue weighted by Crippen LogP contribution is -2.24. The lowest BCUT2D eigenvalue weighted by Gasteiger charge is -2.21. The van der Waals surface area contributed by atoms with Gasteiger partial charge in [0, 0.05) is 0 Å². The first-order valence-electron chi connectivity index (χ1n) is 2.29. The number of rotatable bonds is 1. The van der Waals surface area contributed by atoms with Crippen molar-refractivity contribution < 1.29 is 4.84 Å². The zero-order valence-corrected chi connectivity index (χ0v) is 4.91. The van der Waals surface area contributed by atoms with Crippen LogP contribution in [0.4, 0.5) is 0 Å². The maximum atomic E-state index is 4.83. The third-order valence-corrected chi connectivity index (χ3v) is 1.24. The van der Waals surface area contributed by atoms with Crippen LogP contribution >= 0.6 is 12.4 Å². The fourth-order valence-electron chi connectivity index (χ4n) is 0.507. The van der Waals surface area contributed by atoms with Crippen molar-refractivity contribution in [3.63, 3.8) is 0 Å². The molecule has 0 aromatic carbocycles. The van der Waals surface area contributed by atoms with Gasteiger partial charge in [0.2, 0.25) is 0 Å². The van der Waals surface area contributed by atoms with Crippen molar-refractivity contribution >= 4 is 12.4 Å². The Hall–Kier alpha value is 0.210. The van der Waals surface area contributed by atoms with E-state index in [0.717, 1.165) is 12.8 Å². The van der Waals surface area contributed by atoms with Crippen molar-refractivity contribution in [2.75, 3.05) is 0 Å². The molecule has 0 heterocycles. The van der Waals surface area contributed by atoms with Crippen molar-refractivity contribution in [2.45, 2.75) is 25.4 Å². The highest BCUT2D eigenvalue weighted by molar-refractivity contribution is 5.85. The van der Waals surface area contributed by atoms with Crippen molar-refractivity contribution in [2.24, 2.45) is 5.90 Å². The van der Waals surface area contributed by atoms with Gasteiger partial charge >= 0.3 is 0 Å². The number of halogens is 1. The maximum absolute atomic E-state index is 4.83. The van der Waals surface area contributed by atoms with Gasteiger partial charge in [0.25, 0.3) is 0 Å². The predicted octanol–water partition coefficient (Wildman–Crippen LogP) is 0.851. The summed E-state index contributed by atoms with van der Waals surface area (Å²) in [7, 11) is 0. The minimum atomic E-state index is 0. The monoisotopic (exact) mass is 123 g/mol. The summed E-state index contributed by atoms with van der Waals surface area (Å²) in [4.78, 5) is 4.49. The molecule has 0 atom stereocenters. The summed E-state index contributed by atoms with van der Waals surface area (Å²) in [6.07, 6.45) is 4.01. The summed E-state index contributed by atoms with van der Waals surface area (Å²) in [6, 6.07) is 0. The zero-order valence-electron chi connectivity index (χ0n) is 4.09. The molecule has 0 aromatic rings. The topological polar surface area (TPSA) is 35.2 Å². The molecule has 2 N–H and O–H groups in total. The molecule has 0 aromatic heterocycles. The molecule has 0 radical (unpaired) electrons. The number of nitrogens with two attached hydrogens (primary N) is 1. The van der Waals surface area contributed by atoms with Gasteiger partial charge in [-0.1, -0.05) is 0 Å². The van der Waals surface area contributed by atoms with Crippen LogP contribution in [0.15, 0.2) is 0 Å². The van der Waals surface area contributed by atoms with Crippen LogP contribution < -0.4 is 5.90 Å². The van der Waals surface area contributed by atoms with E-state index in [-0.39, 0.29) is 12.4 Å². The van der Waals surface area contributed by atoms with Gasteiger partial charge in [-0.3, -0.25) is 0 Å². The second-order valence-electron chi connectivity index (χ2n) is 1.69. The predicted molar refractivity (Wildman–Crippen MR) is 30.2 cm³/mol. The minimum Gasteiger partial charge on any atom is -0.301 e. The first-order valence-corrected chi connectivity index (χ1v) is 2.29. The van der Waals surface area contributed by atoms with Crippen molar-refractivity contribution in [1.29, 1.82) is 0 Å². The van der Waals surface area contributed by atoms with E-state index >= 15 is 0 Å². The molecule has 1 aliphatic rings. The van der Waals surface area contributed by atoms with E-state index in [1.165, 1.54) is 6.42 Å². The third kappa shape index (κ3) is 1.63. The van der Waals surface area contributed by atoms with E-state index in [0.29, 0.717) is 6.10 Å². The van der Waals surface area contributed by atoms with Crippen LogP contribution in [0.25, 0.3) is 0 Å². The van der Waals surface area contributed by atoms with E-state index in [1.807, 2.05) is 0 Å². The van der Waals surface area contributed by atoms with Crippen LogP contribution in [-0.2, 0) is 4.84 Å². The van der Waals surface area contributed by atoms with E-state index in [4.69, 9.17) is 5.90 Å². The van der Waals surface area contributed by atoms with Gasteiger partial charge in [-0.25, -0.2) is 5.90 Å². The Kier molecular flexibility index (Phi) is 3.34. The van der Waals surface area contributed by atoms with E-state index in [9.17, 15) is 0 Å². The van der Waals surface area contributed by atoms with Crippen LogP contribution in [0, 0.1) is 0 Å². The van der Waals surface area contributed by atoms with Gasteiger partial charge in [-0.2, -0.15) is 0 Å². The summed E-state index contributed by atoms with van der Waals surface area (Å²) >= 11 is 0. The first kappa shape index (κ1) is 7.21. The van der Waals surface area contributed by atoms with Crippen molar-refractivity contribution in [1.82, 2.24) is 0 Å². The lowest BCUT2D eigenvalue weighted by molar-refractivity contribution is 0.00126. The fraction of sp³-hybridized carbons (Fsp3) is 1.00. The Morgan fingerprint density at radius 3 is 2.00 bits per heavy atom. The van der Waals surface area contributed by atoms with Crippen molar-refractivity contribution in [3.8, 4) is 0 Å². The smallest absolute Gasteiger partial charge is 0.0787 e. The maximum Gasteiger partial charge on any atom is 0.0787 e. The van der Waals surface area contributed by atoms with Gasteiger partial charge in [0.15, 0.2) is 0 Å². The standard InChI is InChI=1S/C4H9NO.ClH/c5-6-4-2-1-3-4;/h4H,1-3,5H2;1H. The molecule has 3 heteroatoms. The van der Waals surface area contributed by atoms with Crippen LogP contribution in [0.3, 0.4) is 0 Å². The van der Waals surface area contributed by atoms with Gasteiger partial charge in [-0.05, 0) is 19.3 Å². The molecule has 7 heavy (non-hydrogen) atoms. The number of hydrogen-bond acceptors (Lipinski definition) is 2. The SMILES string of the molecule is Cl.NOC1CCC1. The molecule has 0 saturated heterocycles.